The summed E-state index contributed by atoms with van der Waals surface area (Å²) in [6.07, 6.45) is 7.60. The van der Waals surface area contributed by atoms with Gasteiger partial charge < -0.3 is 4.55 Å². The molecule has 0 aromatic carbocycles. The Labute approximate surface area is 65.4 Å². The van der Waals surface area contributed by atoms with E-state index in [0.29, 0.717) is 10.5 Å². The quantitative estimate of drug-likeness (QED) is 0.562. The molecule has 2 aliphatic carbocycles. The normalized spacial score (nSPS) is 28.2. The van der Waals surface area contributed by atoms with Crippen molar-refractivity contribution in [3.05, 3.63) is 0 Å². The fourth-order valence-electron chi connectivity index (χ4n) is 1.48. The monoisotopic (exact) mass is 158 g/mol. The van der Waals surface area contributed by atoms with Crippen LogP contribution in [-0.2, 0) is 11.2 Å². The molecule has 58 valence electrons. The van der Waals surface area contributed by atoms with Gasteiger partial charge in [0.1, 0.15) is 10.5 Å². The van der Waals surface area contributed by atoms with E-state index in [1.165, 1.54) is 38.5 Å². The van der Waals surface area contributed by atoms with Crippen LogP contribution in [0.4, 0.5) is 0 Å². The molecule has 0 aromatic heterocycles. The van der Waals surface area contributed by atoms with Crippen molar-refractivity contribution in [2.45, 2.75) is 49.0 Å². The van der Waals surface area contributed by atoms with Crippen molar-refractivity contribution in [3.63, 3.8) is 0 Å². The first-order valence-corrected chi connectivity index (χ1v) is 5.55. The average Bonchev–Trinajstić information content (AvgIpc) is 1.52. The maximum atomic E-state index is 11.5. The van der Waals surface area contributed by atoms with E-state index in [2.05, 4.69) is 0 Å². The van der Waals surface area contributed by atoms with Crippen molar-refractivity contribution in [2.24, 2.45) is 0 Å². The van der Waals surface area contributed by atoms with Crippen LogP contribution in [0.5, 0.6) is 0 Å². The third-order valence-electron chi connectivity index (χ3n) is 2.76. The zero-order valence-electron chi connectivity index (χ0n) is 6.21. The van der Waals surface area contributed by atoms with Crippen LogP contribution in [-0.4, -0.2) is 15.1 Å². The van der Waals surface area contributed by atoms with Crippen LogP contribution < -0.4 is 0 Å². The zero-order chi connectivity index (χ0) is 6.97. The molecule has 1 nitrogen and oxygen atoms in total. The molecular formula is C8H14OS. The van der Waals surface area contributed by atoms with Gasteiger partial charge in [0.15, 0.2) is 0 Å². The predicted molar refractivity (Wildman–Crippen MR) is 43.4 cm³/mol. The van der Waals surface area contributed by atoms with Crippen LogP contribution >= 0.6 is 0 Å². The summed E-state index contributed by atoms with van der Waals surface area (Å²) >= 11 is -0.436. The van der Waals surface area contributed by atoms with Crippen molar-refractivity contribution < 1.29 is 4.55 Å². The highest BCUT2D eigenvalue weighted by molar-refractivity contribution is 7.92. The summed E-state index contributed by atoms with van der Waals surface area (Å²) < 4.78 is 11.5. The highest BCUT2D eigenvalue weighted by Crippen LogP contribution is 2.35. The van der Waals surface area contributed by atoms with E-state index in [4.69, 9.17) is 0 Å². The molecule has 2 fully saturated rings. The molecular weight excluding hydrogens is 144 g/mol. The molecule has 0 heterocycles. The molecule has 0 aromatic rings. The lowest BCUT2D eigenvalue weighted by Gasteiger charge is -2.36. The molecule has 0 atom stereocenters. The Bertz CT molecular complexity index is 104. The SMILES string of the molecule is [O-][S+](C1CCC1)C1CCC1. The Morgan fingerprint density at radius 3 is 1.50 bits per heavy atom. The highest BCUT2D eigenvalue weighted by atomic mass is 32.2. The smallest absolute Gasteiger partial charge is 0.115 e. The molecule has 10 heavy (non-hydrogen) atoms. The lowest BCUT2D eigenvalue weighted by atomic mass is 9.99. The van der Waals surface area contributed by atoms with Crippen molar-refractivity contribution in [1.82, 2.24) is 0 Å². The first-order valence-electron chi connectivity index (χ1n) is 4.27. The Balaban J connectivity index is 1.79. The van der Waals surface area contributed by atoms with Crippen LogP contribution in [0.15, 0.2) is 0 Å². The van der Waals surface area contributed by atoms with Crippen LogP contribution in [0, 0.1) is 0 Å². The van der Waals surface area contributed by atoms with Crippen molar-refractivity contribution in [1.29, 1.82) is 0 Å². The Hall–Kier alpha value is 0.310. The van der Waals surface area contributed by atoms with Gasteiger partial charge in [-0.15, -0.1) is 0 Å². The third-order valence-corrected chi connectivity index (χ3v) is 5.02. The molecule has 0 N–H and O–H groups in total. The summed E-state index contributed by atoms with van der Waals surface area (Å²) in [7, 11) is 0. The molecule has 0 saturated heterocycles. The van der Waals surface area contributed by atoms with E-state index in [-0.39, 0.29) is 0 Å². The van der Waals surface area contributed by atoms with E-state index in [1.807, 2.05) is 0 Å². The lowest BCUT2D eigenvalue weighted by Crippen LogP contribution is -2.39. The summed E-state index contributed by atoms with van der Waals surface area (Å²) in [5.74, 6) is 0. The average molecular weight is 158 g/mol. The Morgan fingerprint density at radius 2 is 1.30 bits per heavy atom. The van der Waals surface area contributed by atoms with Crippen molar-refractivity contribution in [2.75, 3.05) is 0 Å². The van der Waals surface area contributed by atoms with E-state index >= 15 is 0 Å². The maximum Gasteiger partial charge on any atom is 0.115 e. The van der Waals surface area contributed by atoms with E-state index in [0.717, 1.165) is 0 Å². The van der Waals surface area contributed by atoms with Gasteiger partial charge in [-0.1, -0.05) is 0 Å². The third kappa shape index (κ3) is 1.08. The van der Waals surface area contributed by atoms with Crippen LogP contribution in [0.25, 0.3) is 0 Å². The maximum absolute atomic E-state index is 11.5. The second kappa shape index (κ2) is 2.74. The molecule has 2 aliphatic rings. The molecule has 0 amide bonds. The highest BCUT2D eigenvalue weighted by Gasteiger charge is 2.38. The number of rotatable bonds is 2. The molecule has 0 unspecified atom stereocenters. The summed E-state index contributed by atoms with van der Waals surface area (Å²) in [6.45, 7) is 0. The van der Waals surface area contributed by atoms with Gasteiger partial charge in [-0.3, -0.25) is 0 Å². The topological polar surface area (TPSA) is 23.1 Å². The zero-order valence-corrected chi connectivity index (χ0v) is 7.03. The minimum atomic E-state index is -0.436. The second-order valence-corrected chi connectivity index (χ2v) is 5.42. The molecule has 2 rings (SSSR count). The van der Waals surface area contributed by atoms with Gasteiger partial charge in [-0.25, -0.2) is 0 Å². The van der Waals surface area contributed by atoms with Gasteiger partial charge in [0, 0.05) is 0 Å². The fraction of sp³-hybridized carbons (Fsp3) is 1.00. The van der Waals surface area contributed by atoms with Gasteiger partial charge in [0.2, 0.25) is 0 Å². The minimum Gasteiger partial charge on any atom is -0.616 e. The summed E-state index contributed by atoms with van der Waals surface area (Å²) in [4.78, 5) is 0. The number of hydrogen-bond donors (Lipinski definition) is 0. The second-order valence-electron chi connectivity index (χ2n) is 3.43. The van der Waals surface area contributed by atoms with Crippen molar-refractivity contribution >= 4 is 11.2 Å². The summed E-state index contributed by atoms with van der Waals surface area (Å²) in [5.41, 5.74) is 0. The van der Waals surface area contributed by atoms with E-state index in [9.17, 15) is 4.55 Å². The Morgan fingerprint density at radius 1 is 0.900 bits per heavy atom. The molecule has 2 heteroatoms. The lowest BCUT2D eigenvalue weighted by molar-refractivity contribution is 0.432. The molecule has 0 bridgehead atoms. The first-order chi connectivity index (χ1) is 4.88. The number of hydrogen-bond acceptors (Lipinski definition) is 1. The van der Waals surface area contributed by atoms with Crippen LogP contribution in [0.3, 0.4) is 0 Å². The first kappa shape index (κ1) is 6.99. The largest absolute Gasteiger partial charge is 0.616 e. The predicted octanol–water partition coefficient (Wildman–Crippen LogP) is 1.84. The van der Waals surface area contributed by atoms with E-state index in [1.54, 1.807) is 0 Å². The molecule has 2 saturated carbocycles. The standard InChI is InChI=1S/C8H14OS/c9-10(7-3-1-4-7)8-5-2-6-8/h7-8H,1-6H2. The summed E-state index contributed by atoms with van der Waals surface area (Å²) in [5, 5.41) is 1.20. The van der Waals surface area contributed by atoms with Crippen LogP contribution in [0.1, 0.15) is 38.5 Å². The van der Waals surface area contributed by atoms with Crippen LogP contribution in [0.2, 0.25) is 0 Å². The van der Waals surface area contributed by atoms with Gasteiger partial charge in [0.25, 0.3) is 0 Å². The minimum absolute atomic E-state index is 0.436. The molecule has 0 radical (unpaired) electrons. The van der Waals surface area contributed by atoms with Gasteiger partial charge in [-0.05, 0) is 49.7 Å². The van der Waals surface area contributed by atoms with E-state index < -0.39 is 11.2 Å². The summed E-state index contributed by atoms with van der Waals surface area (Å²) in [6, 6.07) is 0. The molecule has 0 spiro atoms. The van der Waals surface area contributed by atoms with Gasteiger partial charge in [-0.2, -0.15) is 0 Å². The fourth-order valence-corrected chi connectivity index (χ4v) is 3.62. The Kier molecular flexibility index (Phi) is 1.92. The molecule has 0 aliphatic heterocycles. The van der Waals surface area contributed by atoms with Gasteiger partial charge >= 0.3 is 0 Å². The van der Waals surface area contributed by atoms with Crippen molar-refractivity contribution in [3.8, 4) is 0 Å². The van der Waals surface area contributed by atoms with Gasteiger partial charge in [0.05, 0.1) is 0 Å².